The molecule has 0 unspecified atom stereocenters. The smallest absolute Gasteiger partial charge is 0.141 e. The number of benzene rings is 3. The van der Waals surface area contributed by atoms with Gasteiger partial charge in [0.15, 0.2) is 0 Å². The van der Waals surface area contributed by atoms with Crippen molar-refractivity contribution in [1.82, 2.24) is 14.9 Å². The van der Waals surface area contributed by atoms with Crippen LogP contribution in [0.5, 0.6) is 5.75 Å². The largest absolute Gasteiger partial charge is 0.487 e. The van der Waals surface area contributed by atoms with Crippen LogP contribution in [0.1, 0.15) is 11.1 Å². The lowest BCUT2D eigenvalue weighted by molar-refractivity contribution is 0.0443. The van der Waals surface area contributed by atoms with E-state index in [0.717, 1.165) is 54.0 Å². The van der Waals surface area contributed by atoms with Gasteiger partial charge < -0.3 is 14.8 Å². The Morgan fingerprint density at radius 2 is 1.94 bits per heavy atom. The van der Waals surface area contributed by atoms with Crippen molar-refractivity contribution in [3.05, 3.63) is 89.0 Å². The van der Waals surface area contributed by atoms with E-state index in [1.54, 1.807) is 24.3 Å². The zero-order valence-electron chi connectivity index (χ0n) is 19.5. The number of halogens is 2. The lowest BCUT2D eigenvalue weighted by Crippen LogP contribution is -2.36. The lowest BCUT2D eigenvalue weighted by Gasteiger charge is -2.24. The molecule has 182 valence electrons. The van der Waals surface area contributed by atoms with Crippen LogP contribution in [0.2, 0.25) is 5.02 Å². The van der Waals surface area contributed by atoms with Gasteiger partial charge in [-0.3, -0.25) is 4.90 Å². The van der Waals surface area contributed by atoms with Crippen LogP contribution >= 0.6 is 11.6 Å². The fraction of sp³-hybridized carbons (Fsp3) is 0.214. The van der Waals surface area contributed by atoms with Crippen LogP contribution in [0, 0.1) is 17.7 Å². The Kier molecular flexibility index (Phi) is 7.58. The van der Waals surface area contributed by atoms with Crippen LogP contribution in [-0.4, -0.2) is 47.7 Å². The standard InChI is InChI=1S/C28H24ClFN4O2/c29-25-17-23(7-9-27(25)36-18-21-3-1-5-22(30)15-21)33-28-24-16-20(6-8-26(24)31-19-32-28)4-2-10-34-11-13-35-14-12-34/h1,3,5-9,15-17,19H,10-14,18H2,(H,31,32,33). The van der Waals surface area contributed by atoms with Crippen molar-refractivity contribution in [3.63, 3.8) is 0 Å². The molecule has 36 heavy (non-hydrogen) atoms. The van der Waals surface area contributed by atoms with E-state index in [1.807, 2.05) is 24.3 Å². The zero-order valence-corrected chi connectivity index (χ0v) is 20.3. The van der Waals surface area contributed by atoms with E-state index in [-0.39, 0.29) is 12.4 Å². The third-order valence-electron chi connectivity index (χ3n) is 5.75. The molecule has 0 amide bonds. The summed E-state index contributed by atoms with van der Waals surface area (Å²) >= 11 is 6.46. The molecular weight excluding hydrogens is 479 g/mol. The normalized spacial score (nSPS) is 13.7. The predicted molar refractivity (Wildman–Crippen MR) is 139 cm³/mol. The van der Waals surface area contributed by atoms with Gasteiger partial charge in [0.2, 0.25) is 0 Å². The fourth-order valence-electron chi connectivity index (χ4n) is 3.87. The second-order valence-electron chi connectivity index (χ2n) is 8.33. The molecular formula is C28H24ClFN4O2. The van der Waals surface area contributed by atoms with E-state index in [2.05, 4.69) is 32.0 Å². The Labute approximate surface area is 214 Å². The van der Waals surface area contributed by atoms with Crippen LogP contribution in [0.25, 0.3) is 10.9 Å². The van der Waals surface area contributed by atoms with Gasteiger partial charge in [0.1, 0.15) is 30.3 Å². The van der Waals surface area contributed by atoms with Crippen molar-refractivity contribution < 1.29 is 13.9 Å². The van der Waals surface area contributed by atoms with Crippen molar-refractivity contribution in [1.29, 1.82) is 0 Å². The number of nitrogens with zero attached hydrogens (tertiary/aromatic N) is 3. The number of rotatable bonds is 6. The van der Waals surface area contributed by atoms with Crippen molar-refractivity contribution >= 4 is 34.0 Å². The van der Waals surface area contributed by atoms with Crippen LogP contribution in [0.4, 0.5) is 15.9 Å². The Bertz CT molecular complexity index is 1430. The number of anilines is 2. The molecule has 0 spiro atoms. The summed E-state index contributed by atoms with van der Waals surface area (Å²) in [6.45, 7) is 4.26. The van der Waals surface area contributed by atoms with E-state index in [0.29, 0.717) is 23.1 Å². The highest BCUT2D eigenvalue weighted by Crippen LogP contribution is 2.31. The third kappa shape index (κ3) is 6.10. The van der Waals surface area contributed by atoms with Gasteiger partial charge in [-0.25, -0.2) is 14.4 Å². The minimum atomic E-state index is -0.301. The Morgan fingerprint density at radius 3 is 2.78 bits per heavy atom. The molecule has 0 radical (unpaired) electrons. The number of hydrogen-bond donors (Lipinski definition) is 1. The van der Waals surface area contributed by atoms with Gasteiger partial charge in [0.25, 0.3) is 0 Å². The fourth-order valence-corrected chi connectivity index (χ4v) is 4.10. The first-order valence-electron chi connectivity index (χ1n) is 11.6. The summed E-state index contributed by atoms with van der Waals surface area (Å²) in [5.41, 5.74) is 3.19. The number of ether oxygens (including phenoxy) is 2. The molecule has 1 aliphatic heterocycles. The van der Waals surface area contributed by atoms with Gasteiger partial charge >= 0.3 is 0 Å². The molecule has 1 fully saturated rings. The molecule has 4 aromatic rings. The maximum atomic E-state index is 13.4. The summed E-state index contributed by atoms with van der Waals surface area (Å²) in [5.74, 6) is 7.36. The van der Waals surface area contributed by atoms with E-state index >= 15 is 0 Å². The topological polar surface area (TPSA) is 59.5 Å². The molecule has 3 aromatic carbocycles. The molecule has 8 heteroatoms. The number of fused-ring (bicyclic) bond motifs is 1. The first-order valence-corrected chi connectivity index (χ1v) is 12.0. The highest BCUT2D eigenvalue weighted by molar-refractivity contribution is 6.32. The average molecular weight is 503 g/mol. The third-order valence-corrected chi connectivity index (χ3v) is 6.05. The van der Waals surface area contributed by atoms with E-state index < -0.39 is 0 Å². The highest BCUT2D eigenvalue weighted by Gasteiger charge is 2.10. The molecule has 0 atom stereocenters. The van der Waals surface area contributed by atoms with Gasteiger partial charge in [-0.1, -0.05) is 35.6 Å². The molecule has 0 saturated carbocycles. The van der Waals surface area contributed by atoms with Crippen molar-refractivity contribution in [2.24, 2.45) is 0 Å². The molecule has 1 aromatic heterocycles. The number of hydrogen-bond acceptors (Lipinski definition) is 6. The van der Waals surface area contributed by atoms with Crippen molar-refractivity contribution in [2.45, 2.75) is 6.61 Å². The summed E-state index contributed by atoms with van der Waals surface area (Å²) < 4.78 is 24.5. The van der Waals surface area contributed by atoms with E-state index in [9.17, 15) is 4.39 Å². The zero-order chi connectivity index (χ0) is 24.7. The predicted octanol–water partition coefficient (Wildman–Crippen LogP) is 5.43. The van der Waals surface area contributed by atoms with Crippen molar-refractivity contribution in [3.8, 4) is 17.6 Å². The molecule has 0 aliphatic carbocycles. The number of aromatic nitrogens is 2. The summed E-state index contributed by atoms with van der Waals surface area (Å²) in [4.78, 5) is 11.1. The monoisotopic (exact) mass is 502 g/mol. The molecule has 2 heterocycles. The van der Waals surface area contributed by atoms with Crippen LogP contribution < -0.4 is 10.1 Å². The number of morpholine rings is 1. The van der Waals surface area contributed by atoms with E-state index in [4.69, 9.17) is 21.1 Å². The minimum Gasteiger partial charge on any atom is -0.487 e. The Hall–Kier alpha value is -3.70. The molecule has 6 nitrogen and oxygen atoms in total. The maximum absolute atomic E-state index is 13.4. The maximum Gasteiger partial charge on any atom is 0.141 e. The summed E-state index contributed by atoms with van der Waals surface area (Å²) in [6, 6.07) is 17.6. The summed E-state index contributed by atoms with van der Waals surface area (Å²) in [5, 5.41) is 4.61. The van der Waals surface area contributed by atoms with Gasteiger partial charge in [-0.05, 0) is 54.1 Å². The molecule has 5 rings (SSSR count). The molecule has 0 bridgehead atoms. The second kappa shape index (κ2) is 11.4. The van der Waals surface area contributed by atoms with Crippen LogP contribution in [0.15, 0.2) is 67.0 Å². The second-order valence-corrected chi connectivity index (χ2v) is 8.74. The first kappa shape index (κ1) is 24.0. The van der Waals surface area contributed by atoms with Crippen LogP contribution in [0.3, 0.4) is 0 Å². The number of nitrogens with one attached hydrogen (secondary N) is 1. The quantitative estimate of drug-likeness (QED) is 0.355. The molecule has 1 aliphatic rings. The molecule has 1 saturated heterocycles. The lowest BCUT2D eigenvalue weighted by atomic mass is 10.1. The average Bonchev–Trinajstić information content (AvgIpc) is 2.89. The Morgan fingerprint density at radius 1 is 1.06 bits per heavy atom. The molecule has 1 N–H and O–H groups in total. The van der Waals surface area contributed by atoms with E-state index in [1.165, 1.54) is 18.5 Å². The van der Waals surface area contributed by atoms with Gasteiger partial charge in [-0.15, -0.1) is 0 Å². The summed E-state index contributed by atoms with van der Waals surface area (Å²) in [7, 11) is 0. The van der Waals surface area contributed by atoms with Crippen LogP contribution in [-0.2, 0) is 11.3 Å². The van der Waals surface area contributed by atoms with Gasteiger partial charge in [0.05, 0.1) is 30.3 Å². The Balaban J connectivity index is 1.29. The van der Waals surface area contributed by atoms with Crippen molar-refractivity contribution in [2.75, 3.05) is 38.2 Å². The first-order chi connectivity index (χ1) is 17.6. The minimum absolute atomic E-state index is 0.218. The SMILES string of the molecule is Fc1cccc(COc2ccc(Nc3ncnc4ccc(C#CCN5CCOCC5)cc34)cc2Cl)c1. The van der Waals surface area contributed by atoms with Gasteiger partial charge in [-0.2, -0.15) is 0 Å². The highest BCUT2D eigenvalue weighted by atomic mass is 35.5. The van der Waals surface area contributed by atoms with Gasteiger partial charge in [0, 0.05) is 29.7 Å². The summed E-state index contributed by atoms with van der Waals surface area (Å²) in [6.07, 6.45) is 1.52.